The van der Waals surface area contributed by atoms with Crippen molar-refractivity contribution in [3.05, 3.63) is 59.7 Å². The highest BCUT2D eigenvalue weighted by Crippen LogP contribution is 2.44. The molecule has 3 N–H and O–H groups in total. The highest BCUT2D eigenvalue weighted by molar-refractivity contribution is 5.86. The minimum Gasteiger partial charge on any atom is -0.481 e. The van der Waals surface area contributed by atoms with Gasteiger partial charge in [0.2, 0.25) is 5.91 Å². The zero-order valence-electron chi connectivity index (χ0n) is 17.8. The Hall–Kier alpha value is -3.35. The first-order chi connectivity index (χ1) is 14.9. The van der Waals surface area contributed by atoms with Crippen LogP contribution in [0.2, 0.25) is 0 Å². The van der Waals surface area contributed by atoms with E-state index in [1.54, 1.807) is 13.8 Å². The number of benzene rings is 2. The largest absolute Gasteiger partial charge is 0.481 e. The molecule has 0 aliphatic heterocycles. The summed E-state index contributed by atoms with van der Waals surface area (Å²) in [5.41, 5.74) is 4.51. The number of amides is 2. The predicted octanol–water partition coefficient (Wildman–Crippen LogP) is 3.67. The Labute approximate surface area is 181 Å². The number of carboxylic acid groups (broad SMARTS) is 1. The second-order valence-electron chi connectivity index (χ2n) is 7.64. The molecule has 0 saturated carbocycles. The van der Waals surface area contributed by atoms with Crippen LogP contribution in [0.4, 0.5) is 4.79 Å². The van der Waals surface area contributed by atoms with Crippen LogP contribution in [-0.2, 0) is 14.3 Å². The summed E-state index contributed by atoms with van der Waals surface area (Å²) in [4.78, 5) is 35.8. The fourth-order valence-electron chi connectivity index (χ4n) is 3.95. The van der Waals surface area contributed by atoms with Gasteiger partial charge in [-0.3, -0.25) is 9.59 Å². The standard InChI is InChI=1S/C24H28N2O5/c1-3-15(13-22(27)28)25-23(29)21(4-2)26-24(30)31-14-20-18-11-7-5-9-16(18)17-10-6-8-12-19(17)20/h5-12,15,20-21H,3-4,13-14H2,1-2H3,(H,25,29)(H,26,30)(H,27,28)/t15-,21-/m1/s1. The molecule has 2 amide bonds. The van der Waals surface area contributed by atoms with E-state index < -0.39 is 30.1 Å². The molecule has 164 valence electrons. The molecule has 1 aliphatic rings. The Morgan fingerprint density at radius 3 is 2.03 bits per heavy atom. The van der Waals surface area contributed by atoms with Crippen LogP contribution in [-0.4, -0.2) is 41.8 Å². The maximum atomic E-state index is 12.5. The fraction of sp³-hybridized carbons (Fsp3) is 0.375. The number of ether oxygens (including phenoxy) is 1. The van der Waals surface area contributed by atoms with Gasteiger partial charge in [0, 0.05) is 12.0 Å². The smallest absolute Gasteiger partial charge is 0.407 e. The Morgan fingerprint density at radius 2 is 1.52 bits per heavy atom. The van der Waals surface area contributed by atoms with Gasteiger partial charge >= 0.3 is 12.1 Å². The van der Waals surface area contributed by atoms with Crippen LogP contribution >= 0.6 is 0 Å². The van der Waals surface area contributed by atoms with Crippen molar-refractivity contribution >= 4 is 18.0 Å². The molecule has 7 nitrogen and oxygen atoms in total. The summed E-state index contributed by atoms with van der Waals surface area (Å²) in [7, 11) is 0. The molecule has 0 radical (unpaired) electrons. The number of hydrogen-bond donors (Lipinski definition) is 3. The van der Waals surface area contributed by atoms with E-state index in [-0.39, 0.29) is 18.9 Å². The van der Waals surface area contributed by atoms with Gasteiger partial charge in [-0.2, -0.15) is 0 Å². The molecule has 0 fully saturated rings. The average Bonchev–Trinajstić information content (AvgIpc) is 3.09. The van der Waals surface area contributed by atoms with Crippen LogP contribution in [0.25, 0.3) is 11.1 Å². The lowest BCUT2D eigenvalue weighted by Gasteiger charge is -2.21. The van der Waals surface area contributed by atoms with Crippen LogP contribution in [0.1, 0.15) is 50.2 Å². The molecule has 0 saturated heterocycles. The van der Waals surface area contributed by atoms with Crippen molar-refractivity contribution in [1.29, 1.82) is 0 Å². The van der Waals surface area contributed by atoms with Gasteiger partial charge in [-0.05, 0) is 35.1 Å². The number of carboxylic acids is 1. The summed E-state index contributed by atoms with van der Waals surface area (Å²) >= 11 is 0. The quantitative estimate of drug-likeness (QED) is 0.570. The van der Waals surface area contributed by atoms with E-state index in [1.807, 2.05) is 36.4 Å². The second kappa shape index (κ2) is 10.1. The second-order valence-corrected chi connectivity index (χ2v) is 7.64. The summed E-state index contributed by atoms with van der Waals surface area (Å²) in [5.74, 6) is -1.46. The number of aliphatic carboxylic acids is 1. The van der Waals surface area contributed by atoms with E-state index in [9.17, 15) is 14.4 Å². The first-order valence-electron chi connectivity index (χ1n) is 10.6. The maximum Gasteiger partial charge on any atom is 0.407 e. The van der Waals surface area contributed by atoms with E-state index in [0.29, 0.717) is 12.8 Å². The number of hydrogen-bond acceptors (Lipinski definition) is 4. The number of carbonyl (C=O) groups excluding carboxylic acids is 2. The van der Waals surface area contributed by atoms with Gasteiger partial charge in [0.25, 0.3) is 0 Å². The van der Waals surface area contributed by atoms with Gasteiger partial charge in [-0.1, -0.05) is 62.4 Å². The lowest BCUT2D eigenvalue weighted by molar-refractivity contribution is -0.137. The van der Waals surface area contributed by atoms with Gasteiger partial charge in [-0.15, -0.1) is 0 Å². The van der Waals surface area contributed by atoms with Gasteiger partial charge in [0.05, 0.1) is 6.42 Å². The first kappa shape index (κ1) is 22.3. The summed E-state index contributed by atoms with van der Waals surface area (Å²) in [5, 5.41) is 14.2. The van der Waals surface area contributed by atoms with Crippen LogP contribution in [0.15, 0.2) is 48.5 Å². The van der Waals surface area contributed by atoms with Crippen LogP contribution in [0.3, 0.4) is 0 Å². The lowest BCUT2D eigenvalue weighted by Crippen LogP contribution is -2.49. The molecule has 2 atom stereocenters. The van der Waals surface area contributed by atoms with Crippen molar-refractivity contribution in [2.24, 2.45) is 0 Å². The summed E-state index contributed by atoms with van der Waals surface area (Å²) in [6, 6.07) is 14.8. The minimum absolute atomic E-state index is 0.0629. The number of alkyl carbamates (subject to hydrolysis) is 1. The summed E-state index contributed by atoms with van der Waals surface area (Å²) < 4.78 is 5.49. The highest BCUT2D eigenvalue weighted by Gasteiger charge is 2.29. The third kappa shape index (κ3) is 5.23. The van der Waals surface area contributed by atoms with Gasteiger partial charge in [0.1, 0.15) is 12.6 Å². The lowest BCUT2D eigenvalue weighted by atomic mass is 9.98. The molecular weight excluding hydrogens is 396 g/mol. The van der Waals surface area contributed by atoms with E-state index >= 15 is 0 Å². The monoisotopic (exact) mass is 424 g/mol. The Kier molecular flexibility index (Phi) is 7.28. The van der Waals surface area contributed by atoms with E-state index in [4.69, 9.17) is 9.84 Å². The Bertz CT molecular complexity index is 913. The van der Waals surface area contributed by atoms with Gasteiger partial charge < -0.3 is 20.5 Å². The first-order valence-corrected chi connectivity index (χ1v) is 10.6. The molecule has 1 aliphatic carbocycles. The summed E-state index contributed by atoms with van der Waals surface area (Å²) in [6.07, 6.45) is 0.0119. The molecule has 0 bridgehead atoms. The molecule has 2 aromatic carbocycles. The van der Waals surface area contributed by atoms with Crippen LogP contribution in [0, 0.1) is 0 Å². The zero-order valence-corrected chi connectivity index (χ0v) is 17.8. The van der Waals surface area contributed by atoms with Gasteiger partial charge in [0.15, 0.2) is 0 Å². The fourth-order valence-corrected chi connectivity index (χ4v) is 3.95. The highest BCUT2D eigenvalue weighted by atomic mass is 16.5. The predicted molar refractivity (Wildman–Crippen MR) is 117 cm³/mol. The molecule has 0 heterocycles. The maximum absolute atomic E-state index is 12.5. The normalized spacial score (nSPS) is 14.1. The van der Waals surface area contributed by atoms with Gasteiger partial charge in [-0.25, -0.2) is 4.79 Å². The molecule has 0 unspecified atom stereocenters. The molecule has 0 aromatic heterocycles. The number of nitrogens with one attached hydrogen (secondary N) is 2. The number of fused-ring (bicyclic) bond motifs is 3. The van der Waals surface area contributed by atoms with Crippen molar-refractivity contribution in [2.45, 2.75) is 51.1 Å². The molecule has 0 spiro atoms. The third-order valence-corrected chi connectivity index (χ3v) is 5.62. The molecular formula is C24H28N2O5. The number of carbonyl (C=O) groups is 3. The van der Waals surface area contributed by atoms with E-state index in [0.717, 1.165) is 22.3 Å². The van der Waals surface area contributed by atoms with E-state index in [2.05, 4.69) is 22.8 Å². The van der Waals surface area contributed by atoms with Crippen molar-refractivity contribution in [2.75, 3.05) is 6.61 Å². The summed E-state index contributed by atoms with van der Waals surface area (Å²) in [6.45, 7) is 3.73. The van der Waals surface area contributed by atoms with Crippen molar-refractivity contribution in [1.82, 2.24) is 10.6 Å². The SMILES string of the molecule is CC[C@H](CC(=O)O)NC(=O)[C@@H](CC)NC(=O)OCC1c2ccccc2-c2ccccc21. The van der Waals surface area contributed by atoms with Crippen molar-refractivity contribution in [3.63, 3.8) is 0 Å². The van der Waals surface area contributed by atoms with Crippen LogP contribution < -0.4 is 10.6 Å². The minimum atomic E-state index is -0.982. The van der Waals surface area contributed by atoms with E-state index in [1.165, 1.54) is 0 Å². The zero-order chi connectivity index (χ0) is 22.4. The molecule has 3 rings (SSSR count). The molecule has 31 heavy (non-hydrogen) atoms. The average molecular weight is 424 g/mol. The topological polar surface area (TPSA) is 105 Å². The van der Waals surface area contributed by atoms with Crippen LogP contribution in [0.5, 0.6) is 0 Å². The van der Waals surface area contributed by atoms with Crippen molar-refractivity contribution in [3.8, 4) is 11.1 Å². The Morgan fingerprint density at radius 1 is 0.935 bits per heavy atom. The Balaban J connectivity index is 1.60. The third-order valence-electron chi connectivity index (χ3n) is 5.62. The van der Waals surface area contributed by atoms with Crippen molar-refractivity contribution < 1.29 is 24.2 Å². The number of rotatable bonds is 9. The molecule has 2 aromatic rings. The molecule has 7 heteroatoms.